The van der Waals surface area contributed by atoms with E-state index in [4.69, 9.17) is 0 Å². The molecule has 1 aromatic heterocycles. The van der Waals surface area contributed by atoms with Gasteiger partial charge >= 0.3 is 5.51 Å². The second kappa shape index (κ2) is 7.49. The maximum absolute atomic E-state index is 12.4. The molecule has 0 aromatic carbocycles. The van der Waals surface area contributed by atoms with Gasteiger partial charge in [-0.2, -0.15) is 13.2 Å². The van der Waals surface area contributed by atoms with Gasteiger partial charge < -0.3 is 10.4 Å². The van der Waals surface area contributed by atoms with E-state index in [9.17, 15) is 23.1 Å². The van der Waals surface area contributed by atoms with Crippen LogP contribution in [0.3, 0.4) is 0 Å². The third kappa shape index (κ3) is 5.79. The highest BCUT2D eigenvalue weighted by Crippen LogP contribution is 2.37. The number of amides is 1. The van der Waals surface area contributed by atoms with Gasteiger partial charge in [0.25, 0.3) is 5.91 Å². The summed E-state index contributed by atoms with van der Waals surface area (Å²) >= 11 is -0.434. The first-order valence-corrected chi connectivity index (χ1v) is 6.82. The van der Waals surface area contributed by atoms with Crippen LogP contribution in [-0.2, 0) is 0 Å². The summed E-state index contributed by atoms with van der Waals surface area (Å²) in [6.45, 7) is 1.88. The lowest BCUT2D eigenvalue weighted by Crippen LogP contribution is -2.32. The van der Waals surface area contributed by atoms with Crippen LogP contribution in [-0.4, -0.2) is 34.2 Å². The number of thioether (sulfide) groups is 1. The lowest BCUT2D eigenvalue weighted by molar-refractivity contribution is -0.0329. The van der Waals surface area contributed by atoms with Gasteiger partial charge in [0.1, 0.15) is 5.03 Å². The highest BCUT2D eigenvalue weighted by molar-refractivity contribution is 8.00. The van der Waals surface area contributed by atoms with Crippen LogP contribution in [0.15, 0.2) is 23.4 Å². The summed E-state index contributed by atoms with van der Waals surface area (Å²) in [6.07, 6.45) is 1.74. The number of pyridine rings is 1. The lowest BCUT2D eigenvalue weighted by Gasteiger charge is -2.12. The average molecular weight is 308 g/mol. The van der Waals surface area contributed by atoms with Gasteiger partial charge in [-0.05, 0) is 18.6 Å². The summed E-state index contributed by atoms with van der Waals surface area (Å²) in [6, 6.07) is 2.65. The van der Waals surface area contributed by atoms with Gasteiger partial charge in [-0.3, -0.25) is 4.79 Å². The number of carbonyl (C=O) groups is 1. The van der Waals surface area contributed by atoms with E-state index in [1.54, 1.807) is 0 Å². The van der Waals surface area contributed by atoms with Crippen LogP contribution < -0.4 is 5.32 Å². The van der Waals surface area contributed by atoms with Gasteiger partial charge in [-0.15, -0.1) is 0 Å². The first-order valence-electron chi connectivity index (χ1n) is 6.00. The number of halogens is 3. The standard InChI is InChI=1S/C12H15F3N2O2S/c1-2-4-8(18)7-17-10(19)9-5-3-6-16-11(9)20-12(13,14)15/h3,5-6,8,18H,2,4,7H2,1H3,(H,17,19). The van der Waals surface area contributed by atoms with Crippen molar-refractivity contribution in [2.24, 2.45) is 0 Å². The van der Waals surface area contributed by atoms with E-state index in [0.717, 1.165) is 6.42 Å². The van der Waals surface area contributed by atoms with Gasteiger partial charge in [-0.1, -0.05) is 13.3 Å². The van der Waals surface area contributed by atoms with E-state index in [-0.39, 0.29) is 12.1 Å². The molecule has 1 amide bonds. The normalized spacial score (nSPS) is 13.1. The molecule has 0 fully saturated rings. The van der Waals surface area contributed by atoms with E-state index in [1.807, 2.05) is 6.92 Å². The topological polar surface area (TPSA) is 62.2 Å². The summed E-state index contributed by atoms with van der Waals surface area (Å²) in [4.78, 5) is 15.4. The van der Waals surface area contributed by atoms with Crippen molar-refractivity contribution in [2.75, 3.05) is 6.54 Å². The molecule has 1 rings (SSSR count). The predicted molar refractivity (Wildman–Crippen MR) is 69.4 cm³/mol. The predicted octanol–water partition coefficient (Wildman–Crippen LogP) is 2.58. The molecule has 0 aliphatic rings. The number of rotatable bonds is 6. The van der Waals surface area contributed by atoms with Gasteiger partial charge in [0.05, 0.1) is 11.7 Å². The molecule has 0 bridgehead atoms. The van der Waals surface area contributed by atoms with E-state index < -0.39 is 34.3 Å². The minimum Gasteiger partial charge on any atom is -0.391 e. The second-order valence-electron chi connectivity index (χ2n) is 4.06. The fourth-order valence-corrected chi connectivity index (χ4v) is 2.10. The molecule has 1 atom stereocenters. The zero-order valence-electron chi connectivity index (χ0n) is 10.8. The van der Waals surface area contributed by atoms with Crippen LogP contribution in [0.25, 0.3) is 0 Å². The Morgan fingerprint density at radius 2 is 2.25 bits per heavy atom. The smallest absolute Gasteiger partial charge is 0.391 e. The number of hydrogen-bond donors (Lipinski definition) is 2. The Bertz CT molecular complexity index is 455. The summed E-state index contributed by atoms with van der Waals surface area (Å²) in [5.41, 5.74) is -4.66. The van der Waals surface area contributed by atoms with Crippen molar-refractivity contribution < 1.29 is 23.1 Å². The van der Waals surface area contributed by atoms with Gasteiger partial charge in [0.15, 0.2) is 0 Å². The molecular weight excluding hydrogens is 293 g/mol. The van der Waals surface area contributed by atoms with E-state index in [2.05, 4.69) is 10.3 Å². The molecule has 2 N–H and O–H groups in total. The van der Waals surface area contributed by atoms with Crippen LogP contribution in [0.2, 0.25) is 0 Å². The number of aromatic nitrogens is 1. The SMILES string of the molecule is CCCC(O)CNC(=O)c1cccnc1SC(F)(F)F. The van der Waals surface area contributed by atoms with Crippen LogP contribution in [0, 0.1) is 0 Å². The highest BCUT2D eigenvalue weighted by Gasteiger charge is 2.32. The Morgan fingerprint density at radius 3 is 2.85 bits per heavy atom. The number of aliphatic hydroxyl groups excluding tert-OH is 1. The quantitative estimate of drug-likeness (QED) is 0.793. The molecule has 1 heterocycles. The molecule has 0 spiro atoms. The third-order valence-corrected chi connectivity index (χ3v) is 3.10. The molecule has 4 nitrogen and oxygen atoms in total. The number of hydrogen-bond acceptors (Lipinski definition) is 4. The second-order valence-corrected chi connectivity index (χ2v) is 5.11. The zero-order chi connectivity index (χ0) is 15.2. The van der Waals surface area contributed by atoms with Crippen molar-refractivity contribution in [1.29, 1.82) is 0 Å². The third-order valence-electron chi connectivity index (χ3n) is 2.35. The highest BCUT2D eigenvalue weighted by atomic mass is 32.2. The summed E-state index contributed by atoms with van der Waals surface area (Å²) in [7, 11) is 0. The van der Waals surface area contributed by atoms with Crippen molar-refractivity contribution in [3.05, 3.63) is 23.9 Å². The first kappa shape index (κ1) is 16.8. The number of nitrogens with one attached hydrogen (secondary N) is 1. The molecule has 20 heavy (non-hydrogen) atoms. The fourth-order valence-electron chi connectivity index (χ4n) is 1.50. The molecule has 112 valence electrons. The Hall–Kier alpha value is -1.28. The zero-order valence-corrected chi connectivity index (χ0v) is 11.6. The van der Waals surface area contributed by atoms with E-state index >= 15 is 0 Å². The summed E-state index contributed by atoms with van der Waals surface area (Å²) < 4.78 is 37.1. The number of nitrogens with zero attached hydrogens (tertiary/aromatic N) is 1. The molecule has 8 heteroatoms. The minimum absolute atomic E-state index is 0.00229. The molecule has 1 unspecified atom stereocenters. The Morgan fingerprint density at radius 1 is 1.55 bits per heavy atom. The van der Waals surface area contributed by atoms with E-state index in [0.29, 0.717) is 6.42 Å². The molecule has 0 saturated heterocycles. The lowest BCUT2D eigenvalue weighted by atomic mass is 10.2. The molecule has 0 aliphatic heterocycles. The van der Waals surface area contributed by atoms with Crippen LogP contribution >= 0.6 is 11.8 Å². The Balaban J connectivity index is 2.73. The minimum atomic E-state index is -4.51. The Labute approximate surface area is 118 Å². The molecule has 1 aromatic rings. The van der Waals surface area contributed by atoms with Crippen molar-refractivity contribution in [3.63, 3.8) is 0 Å². The monoisotopic (exact) mass is 308 g/mol. The maximum atomic E-state index is 12.4. The van der Waals surface area contributed by atoms with Crippen molar-refractivity contribution >= 4 is 17.7 Å². The summed E-state index contributed by atoms with van der Waals surface area (Å²) in [5.74, 6) is -0.681. The van der Waals surface area contributed by atoms with Crippen LogP contribution in [0.5, 0.6) is 0 Å². The average Bonchev–Trinajstić information content (AvgIpc) is 2.35. The van der Waals surface area contributed by atoms with Gasteiger partial charge in [0.2, 0.25) is 0 Å². The molecule has 0 saturated carbocycles. The number of aliphatic hydroxyl groups is 1. The first-order chi connectivity index (χ1) is 9.33. The van der Waals surface area contributed by atoms with Gasteiger partial charge in [0, 0.05) is 24.5 Å². The molecule has 0 aliphatic carbocycles. The van der Waals surface area contributed by atoms with Gasteiger partial charge in [-0.25, -0.2) is 4.98 Å². The van der Waals surface area contributed by atoms with Crippen molar-refractivity contribution in [2.45, 2.75) is 36.4 Å². The largest absolute Gasteiger partial charge is 0.447 e. The van der Waals surface area contributed by atoms with Crippen molar-refractivity contribution in [3.8, 4) is 0 Å². The van der Waals surface area contributed by atoms with Crippen LogP contribution in [0.4, 0.5) is 13.2 Å². The molecular formula is C12H15F3N2O2S. The fraction of sp³-hybridized carbons (Fsp3) is 0.500. The van der Waals surface area contributed by atoms with Crippen LogP contribution in [0.1, 0.15) is 30.1 Å². The molecule has 0 radical (unpaired) electrons. The number of alkyl halides is 3. The summed E-state index contributed by atoms with van der Waals surface area (Å²) in [5, 5.41) is 11.5. The number of carbonyl (C=O) groups excluding carboxylic acids is 1. The van der Waals surface area contributed by atoms with Crippen molar-refractivity contribution in [1.82, 2.24) is 10.3 Å². The maximum Gasteiger partial charge on any atom is 0.447 e. The Kier molecular flexibility index (Phi) is 6.28. The van der Waals surface area contributed by atoms with E-state index in [1.165, 1.54) is 18.3 Å².